The summed E-state index contributed by atoms with van der Waals surface area (Å²) in [5.74, 6) is 5.31. The fourth-order valence-electron chi connectivity index (χ4n) is 6.11. The van der Waals surface area contributed by atoms with Crippen molar-refractivity contribution in [3.05, 3.63) is 0 Å². The fourth-order valence-corrected chi connectivity index (χ4v) is 6.11. The molecule has 0 unspecified atom stereocenters. The maximum Gasteiger partial charge on any atom is 0.0280 e. The van der Waals surface area contributed by atoms with Crippen molar-refractivity contribution >= 4 is 0 Å². The number of hydrogen-bond acceptors (Lipinski definition) is 2. The molecule has 2 heteroatoms. The van der Waals surface area contributed by atoms with Gasteiger partial charge < -0.3 is 11.1 Å². The van der Waals surface area contributed by atoms with Crippen LogP contribution in [0.1, 0.15) is 57.8 Å². The first-order valence-corrected chi connectivity index (χ1v) is 8.71. The van der Waals surface area contributed by atoms with Gasteiger partial charge in [0, 0.05) is 12.1 Å². The summed E-state index contributed by atoms with van der Waals surface area (Å²) in [6, 6.07) is 0. The molecular formula is C17H30N2. The largest absolute Gasteiger partial charge is 0.324 e. The average Bonchev–Trinajstić information content (AvgIpc) is 2.79. The van der Waals surface area contributed by atoms with Gasteiger partial charge in [-0.05, 0) is 81.1 Å². The van der Waals surface area contributed by atoms with Gasteiger partial charge in [0.2, 0.25) is 0 Å². The zero-order valence-electron chi connectivity index (χ0n) is 12.2. The van der Waals surface area contributed by atoms with E-state index in [4.69, 9.17) is 5.73 Å². The molecule has 0 amide bonds. The van der Waals surface area contributed by atoms with Crippen LogP contribution < -0.4 is 11.1 Å². The van der Waals surface area contributed by atoms with E-state index in [1.807, 2.05) is 0 Å². The second-order valence-corrected chi connectivity index (χ2v) is 8.29. The number of nitrogens with two attached hydrogens (primary N) is 1. The lowest BCUT2D eigenvalue weighted by Gasteiger charge is -2.54. The van der Waals surface area contributed by atoms with Gasteiger partial charge in [-0.15, -0.1) is 0 Å². The van der Waals surface area contributed by atoms with E-state index in [1.165, 1.54) is 32.2 Å². The van der Waals surface area contributed by atoms with Crippen LogP contribution in [0.15, 0.2) is 0 Å². The van der Waals surface area contributed by atoms with Crippen molar-refractivity contribution in [2.75, 3.05) is 13.1 Å². The van der Waals surface area contributed by atoms with E-state index in [0.29, 0.717) is 0 Å². The van der Waals surface area contributed by atoms with Crippen LogP contribution in [0.5, 0.6) is 0 Å². The van der Waals surface area contributed by atoms with Crippen LogP contribution in [0.3, 0.4) is 0 Å². The molecule has 5 aliphatic rings. The van der Waals surface area contributed by atoms with Crippen molar-refractivity contribution in [3.8, 4) is 0 Å². The molecule has 0 aromatic heterocycles. The van der Waals surface area contributed by atoms with E-state index < -0.39 is 0 Å². The lowest BCUT2D eigenvalue weighted by molar-refractivity contribution is -0.0357. The van der Waals surface area contributed by atoms with Crippen LogP contribution in [0.2, 0.25) is 0 Å². The van der Waals surface area contributed by atoms with Gasteiger partial charge in [0.1, 0.15) is 0 Å². The van der Waals surface area contributed by atoms with Crippen molar-refractivity contribution in [3.63, 3.8) is 0 Å². The molecule has 2 nitrogen and oxygen atoms in total. The molecule has 5 fully saturated rings. The molecule has 0 spiro atoms. The minimum Gasteiger partial charge on any atom is -0.324 e. The summed E-state index contributed by atoms with van der Waals surface area (Å²) >= 11 is 0. The normalized spacial score (nSPS) is 46.9. The van der Waals surface area contributed by atoms with E-state index in [2.05, 4.69) is 5.32 Å². The summed E-state index contributed by atoms with van der Waals surface area (Å²) in [5, 5.41) is 3.77. The highest BCUT2D eigenvalue weighted by molar-refractivity contribution is 4.99. The predicted octanol–water partition coefficient (Wildman–Crippen LogP) is 2.92. The van der Waals surface area contributed by atoms with Crippen molar-refractivity contribution in [2.45, 2.75) is 63.3 Å². The molecule has 0 saturated heterocycles. The lowest BCUT2D eigenvalue weighted by Crippen LogP contribution is -2.51. The van der Waals surface area contributed by atoms with Crippen molar-refractivity contribution in [1.82, 2.24) is 5.32 Å². The summed E-state index contributed by atoms with van der Waals surface area (Å²) in [6.07, 6.45) is 12.9. The van der Waals surface area contributed by atoms with Crippen molar-refractivity contribution in [1.29, 1.82) is 0 Å². The van der Waals surface area contributed by atoms with Gasteiger partial charge in [-0.25, -0.2) is 0 Å². The average molecular weight is 262 g/mol. The fraction of sp³-hybridized carbons (Fsp3) is 1.00. The summed E-state index contributed by atoms with van der Waals surface area (Å²) in [7, 11) is 0. The van der Waals surface area contributed by atoms with E-state index >= 15 is 0 Å². The molecular weight excluding hydrogens is 232 g/mol. The van der Waals surface area contributed by atoms with Gasteiger partial charge in [-0.2, -0.15) is 0 Å². The number of nitrogens with one attached hydrogen (secondary N) is 1. The molecule has 0 aliphatic heterocycles. The number of hydrogen-bond donors (Lipinski definition) is 2. The maximum atomic E-state index is 6.46. The van der Waals surface area contributed by atoms with Crippen molar-refractivity contribution < 1.29 is 0 Å². The summed E-state index contributed by atoms with van der Waals surface area (Å²) in [4.78, 5) is 0. The Morgan fingerprint density at radius 1 is 0.895 bits per heavy atom. The zero-order valence-corrected chi connectivity index (χ0v) is 12.2. The highest BCUT2D eigenvalue weighted by Crippen LogP contribution is 2.56. The zero-order chi connectivity index (χ0) is 12.9. The Hall–Kier alpha value is -0.0800. The minimum absolute atomic E-state index is 0.131. The topological polar surface area (TPSA) is 38.0 Å². The molecule has 3 N–H and O–H groups in total. The van der Waals surface area contributed by atoms with E-state index in [0.717, 1.165) is 36.1 Å². The molecule has 0 aromatic carbocycles. The third-order valence-electron chi connectivity index (χ3n) is 6.88. The Kier molecular flexibility index (Phi) is 3.15. The minimum atomic E-state index is 0.131. The lowest BCUT2D eigenvalue weighted by atomic mass is 9.52. The first kappa shape index (κ1) is 12.6. The molecule has 5 aliphatic carbocycles. The molecule has 0 heterocycles. The van der Waals surface area contributed by atoms with Crippen molar-refractivity contribution in [2.24, 2.45) is 35.3 Å². The number of rotatable bonds is 4. The molecule has 0 atom stereocenters. The van der Waals surface area contributed by atoms with E-state index in [9.17, 15) is 0 Å². The highest BCUT2D eigenvalue weighted by atomic mass is 14.9. The molecule has 5 saturated carbocycles. The SMILES string of the molecule is NC1(CNCC2C3CC4CC(C3)CC2C4)CCCC1. The Balaban J connectivity index is 1.31. The smallest absolute Gasteiger partial charge is 0.0280 e. The highest BCUT2D eigenvalue weighted by Gasteiger charge is 2.47. The summed E-state index contributed by atoms with van der Waals surface area (Å²) in [5.41, 5.74) is 6.59. The van der Waals surface area contributed by atoms with Crippen LogP contribution in [-0.2, 0) is 0 Å². The van der Waals surface area contributed by atoms with Gasteiger partial charge in [-0.3, -0.25) is 0 Å². The molecule has 19 heavy (non-hydrogen) atoms. The monoisotopic (exact) mass is 262 g/mol. The van der Waals surface area contributed by atoms with Crippen LogP contribution in [0.4, 0.5) is 0 Å². The van der Waals surface area contributed by atoms with Crippen LogP contribution in [-0.4, -0.2) is 18.6 Å². The van der Waals surface area contributed by atoms with Gasteiger partial charge in [0.25, 0.3) is 0 Å². The Morgan fingerprint density at radius 3 is 2.05 bits per heavy atom. The van der Waals surface area contributed by atoms with Gasteiger partial charge in [0.15, 0.2) is 0 Å². The van der Waals surface area contributed by atoms with E-state index in [1.54, 1.807) is 32.1 Å². The Labute approximate surface area is 117 Å². The van der Waals surface area contributed by atoms with Crippen LogP contribution in [0, 0.1) is 29.6 Å². The standard InChI is InChI=1S/C17H30N2/c18-17(3-1-2-4-17)11-19-10-16-14-6-12-5-13(8-14)9-15(16)7-12/h12-16,19H,1-11,18H2. The Morgan fingerprint density at radius 2 is 1.47 bits per heavy atom. The predicted molar refractivity (Wildman–Crippen MR) is 78.8 cm³/mol. The van der Waals surface area contributed by atoms with Gasteiger partial charge >= 0.3 is 0 Å². The van der Waals surface area contributed by atoms with Gasteiger partial charge in [0.05, 0.1) is 0 Å². The third-order valence-corrected chi connectivity index (χ3v) is 6.88. The third kappa shape index (κ3) is 2.35. The molecule has 0 radical (unpaired) electrons. The quantitative estimate of drug-likeness (QED) is 0.817. The summed E-state index contributed by atoms with van der Waals surface area (Å²) in [6.45, 7) is 2.32. The first-order valence-electron chi connectivity index (χ1n) is 8.71. The second-order valence-electron chi connectivity index (χ2n) is 8.29. The molecule has 4 bridgehead atoms. The van der Waals surface area contributed by atoms with Crippen LogP contribution >= 0.6 is 0 Å². The molecule has 0 aromatic rings. The molecule has 5 rings (SSSR count). The van der Waals surface area contributed by atoms with Crippen LogP contribution in [0.25, 0.3) is 0 Å². The summed E-state index contributed by atoms with van der Waals surface area (Å²) < 4.78 is 0. The first-order chi connectivity index (χ1) is 9.22. The van der Waals surface area contributed by atoms with Gasteiger partial charge in [-0.1, -0.05) is 12.8 Å². The Bertz CT molecular complexity index is 304. The molecule has 108 valence electrons. The maximum absolute atomic E-state index is 6.46. The van der Waals surface area contributed by atoms with E-state index in [-0.39, 0.29) is 5.54 Å². The second kappa shape index (κ2) is 4.73.